The zero-order valence-electron chi connectivity index (χ0n) is 9.54. The molecule has 0 fully saturated rings. The Balaban J connectivity index is 2.01. The van der Waals surface area contributed by atoms with Crippen LogP contribution in [0.25, 0.3) is 0 Å². The number of nitrogens with zero attached hydrogens (tertiary/aromatic N) is 1. The molecule has 0 aromatic heterocycles. The summed E-state index contributed by atoms with van der Waals surface area (Å²) in [6.07, 6.45) is 13.7. The third-order valence-corrected chi connectivity index (χ3v) is 3.31. The molecule has 84 valence electrons. The van der Waals surface area contributed by atoms with Gasteiger partial charge < -0.3 is 10.6 Å². The van der Waals surface area contributed by atoms with E-state index in [9.17, 15) is 0 Å². The van der Waals surface area contributed by atoms with Gasteiger partial charge in [0.15, 0.2) is 0 Å². The summed E-state index contributed by atoms with van der Waals surface area (Å²) < 4.78 is 0. The van der Waals surface area contributed by atoms with Crippen LogP contribution in [0.15, 0.2) is 23.5 Å². The molecule has 0 aliphatic heterocycles. The first-order valence-corrected chi connectivity index (χ1v) is 6.27. The molecule has 0 saturated carbocycles. The highest BCUT2D eigenvalue weighted by Gasteiger charge is 2.18. The monoisotopic (exact) mass is 206 g/mol. The summed E-state index contributed by atoms with van der Waals surface area (Å²) >= 11 is 0. The van der Waals surface area contributed by atoms with E-state index in [4.69, 9.17) is 5.73 Å². The highest BCUT2D eigenvalue weighted by atomic mass is 15.1. The summed E-state index contributed by atoms with van der Waals surface area (Å²) in [6.45, 7) is 1.92. The average molecular weight is 206 g/mol. The molecule has 2 rings (SSSR count). The van der Waals surface area contributed by atoms with Crippen LogP contribution in [-0.4, -0.2) is 18.0 Å². The zero-order valence-corrected chi connectivity index (χ0v) is 9.54. The average Bonchev–Trinajstić information content (AvgIpc) is 2.90. The van der Waals surface area contributed by atoms with E-state index in [1.54, 1.807) is 11.4 Å². The Hall–Kier alpha value is -0.760. The minimum absolute atomic E-state index is 0.803. The number of allylic oxidation sites excluding steroid dienone is 4. The summed E-state index contributed by atoms with van der Waals surface area (Å²) in [4.78, 5) is 2.53. The maximum Gasteiger partial charge on any atom is 0.0236 e. The van der Waals surface area contributed by atoms with Crippen LogP contribution in [0, 0.1) is 0 Å². The van der Waals surface area contributed by atoms with E-state index < -0.39 is 0 Å². The van der Waals surface area contributed by atoms with Crippen molar-refractivity contribution in [2.24, 2.45) is 5.73 Å². The van der Waals surface area contributed by atoms with Crippen molar-refractivity contribution in [3.63, 3.8) is 0 Å². The lowest BCUT2D eigenvalue weighted by molar-refractivity contribution is 0.400. The highest BCUT2D eigenvalue weighted by molar-refractivity contribution is 5.18. The van der Waals surface area contributed by atoms with Crippen LogP contribution in [0.4, 0.5) is 0 Å². The molecule has 0 amide bonds. The van der Waals surface area contributed by atoms with Crippen LogP contribution >= 0.6 is 0 Å². The number of hydrogen-bond donors (Lipinski definition) is 1. The van der Waals surface area contributed by atoms with E-state index in [2.05, 4.69) is 17.1 Å². The number of rotatable bonds is 5. The van der Waals surface area contributed by atoms with Crippen LogP contribution in [-0.2, 0) is 0 Å². The number of hydrogen-bond acceptors (Lipinski definition) is 2. The van der Waals surface area contributed by atoms with Crippen molar-refractivity contribution in [1.82, 2.24) is 4.90 Å². The Morgan fingerprint density at radius 2 is 1.67 bits per heavy atom. The second-order valence-corrected chi connectivity index (χ2v) is 4.47. The van der Waals surface area contributed by atoms with Gasteiger partial charge in [0.25, 0.3) is 0 Å². The predicted octanol–water partition coefficient (Wildman–Crippen LogP) is 2.77. The molecule has 0 heterocycles. The van der Waals surface area contributed by atoms with Crippen molar-refractivity contribution in [2.45, 2.75) is 44.9 Å². The molecular formula is C13H22N2. The zero-order chi connectivity index (χ0) is 10.5. The third kappa shape index (κ3) is 2.63. The second-order valence-electron chi connectivity index (χ2n) is 4.47. The van der Waals surface area contributed by atoms with Gasteiger partial charge in [0.05, 0.1) is 0 Å². The fourth-order valence-corrected chi connectivity index (χ4v) is 2.52. The van der Waals surface area contributed by atoms with Gasteiger partial charge in [-0.15, -0.1) is 0 Å². The quantitative estimate of drug-likeness (QED) is 0.749. The molecule has 2 aliphatic rings. The van der Waals surface area contributed by atoms with Crippen LogP contribution in [0.2, 0.25) is 0 Å². The molecule has 0 aromatic rings. The van der Waals surface area contributed by atoms with E-state index in [1.807, 2.05) is 0 Å². The van der Waals surface area contributed by atoms with Gasteiger partial charge in [-0.25, -0.2) is 0 Å². The molecule has 2 aliphatic carbocycles. The van der Waals surface area contributed by atoms with Gasteiger partial charge in [-0.3, -0.25) is 0 Å². The topological polar surface area (TPSA) is 29.3 Å². The molecule has 0 aromatic carbocycles. The molecule has 15 heavy (non-hydrogen) atoms. The summed E-state index contributed by atoms with van der Waals surface area (Å²) in [5.41, 5.74) is 8.71. The smallest absolute Gasteiger partial charge is 0.0236 e. The predicted molar refractivity (Wildman–Crippen MR) is 64.2 cm³/mol. The van der Waals surface area contributed by atoms with Crippen LogP contribution in [0.1, 0.15) is 44.9 Å². The van der Waals surface area contributed by atoms with Crippen molar-refractivity contribution in [3.05, 3.63) is 23.5 Å². The maximum absolute atomic E-state index is 5.61. The molecule has 0 unspecified atom stereocenters. The molecule has 0 radical (unpaired) electrons. The molecule has 2 nitrogen and oxygen atoms in total. The number of nitrogens with two attached hydrogens (primary N) is 1. The lowest BCUT2D eigenvalue weighted by Crippen LogP contribution is -2.24. The van der Waals surface area contributed by atoms with Gasteiger partial charge in [0.1, 0.15) is 0 Å². The summed E-state index contributed by atoms with van der Waals surface area (Å²) in [7, 11) is 0. The first-order chi connectivity index (χ1) is 7.42. The molecule has 0 saturated heterocycles. The SMILES string of the molecule is NCCCN(C1=CCCC1)C1=CCCC1. The third-order valence-electron chi connectivity index (χ3n) is 3.31. The second kappa shape index (κ2) is 5.36. The van der Waals surface area contributed by atoms with Gasteiger partial charge >= 0.3 is 0 Å². The van der Waals surface area contributed by atoms with Crippen molar-refractivity contribution in [1.29, 1.82) is 0 Å². The van der Waals surface area contributed by atoms with Gasteiger partial charge in [-0.05, 0) is 51.5 Å². The Morgan fingerprint density at radius 3 is 2.07 bits per heavy atom. The maximum atomic E-state index is 5.61. The summed E-state index contributed by atoms with van der Waals surface area (Å²) in [6, 6.07) is 0. The van der Waals surface area contributed by atoms with Crippen molar-refractivity contribution in [3.8, 4) is 0 Å². The molecular weight excluding hydrogens is 184 g/mol. The fraction of sp³-hybridized carbons (Fsp3) is 0.692. The van der Waals surface area contributed by atoms with Crippen molar-refractivity contribution >= 4 is 0 Å². The first-order valence-electron chi connectivity index (χ1n) is 6.27. The Labute approximate surface area is 92.8 Å². The van der Waals surface area contributed by atoms with E-state index >= 15 is 0 Å². The Bertz CT molecular complexity index is 242. The van der Waals surface area contributed by atoms with Crippen LogP contribution in [0.3, 0.4) is 0 Å². The molecule has 0 atom stereocenters. The lowest BCUT2D eigenvalue weighted by Gasteiger charge is -2.27. The van der Waals surface area contributed by atoms with E-state index in [1.165, 1.54) is 38.5 Å². The molecule has 2 heteroatoms. The summed E-state index contributed by atoms with van der Waals surface area (Å²) in [5.74, 6) is 0. The molecule has 2 N–H and O–H groups in total. The van der Waals surface area contributed by atoms with Gasteiger partial charge in [0.2, 0.25) is 0 Å². The van der Waals surface area contributed by atoms with Crippen molar-refractivity contribution < 1.29 is 0 Å². The van der Waals surface area contributed by atoms with Gasteiger partial charge in [-0.2, -0.15) is 0 Å². The summed E-state index contributed by atoms with van der Waals surface area (Å²) in [5, 5.41) is 0. The van der Waals surface area contributed by atoms with Crippen LogP contribution in [0.5, 0.6) is 0 Å². The van der Waals surface area contributed by atoms with E-state index in [-0.39, 0.29) is 0 Å². The van der Waals surface area contributed by atoms with Gasteiger partial charge in [0, 0.05) is 17.9 Å². The largest absolute Gasteiger partial charge is 0.349 e. The van der Waals surface area contributed by atoms with Crippen LogP contribution < -0.4 is 5.73 Å². The minimum Gasteiger partial charge on any atom is -0.349 e. The standard InChI is InChI=1S/C13H22N2/c14-10-5-11-15(12-6-1-2-7-12)13-8-3-4-9-13/h6,8H,1-5,7,9-11,14H2. The van der Waals surface area contributed by atoms with E-state index in [0.29, 0.717) is 0 Å². The normalized spacial score (nSPS) is 20.3. The van der Waals surface area contributed by atoms with Crippen molar-refractivity contribution in [2.75, 3.05) is 13.1 Å². The van der Waals surface area contributed by atoms with Gasteiger partial charge in [-0.1, -0.05) is 12.2 Å². The lowest BCUT2D eigenvalue weighted by atomic mass is 10.2. The fourth-order valence-electron chi connectivity index (χ4n) is 2.52. The Kier molecular flexibility index (Phi) is 3.84. The minimum atomic E-state index is 0.803. The first kappa shape index (κ1) is 10.7. The highest BCUT2D eigenvalue weighted by Crippen LogP contribution is 2.30. The Morgan fingerprint density at radius 1 is 1.07 bits per heavy atom. The molecule has 0 bridgehead atoms. The van der Waals surface area contributed by atoms with E-state index in [0.717, 1.165) is 19.5 Å². The molecule has 0 spiro atoms.